The first-order chi connectivity index (χ1) is 12.2. The van der Waals surface area contributed by atoms with Gasteiger partial charge in [0.2, 0.25) is 5.91 Å². The zero-order chi connectivity index (χ0) is 17.6. The van der Waals surface area contributed by atoms with Gasteiger partial charge >= 0.3 is 0 Å². The van der Waals surface area contributed by atoms with Crippen molar-refractivity contribution in [1.29, 1.82) is 0 Å². The molecule has 1 aliphatic rings. The summed E-state index contributed by atoms with van der Waals surface area (Å²) in [5.74, 6) is -0.178. The first kappa shape index (κ1) is 17.4. The maximum atomic E-state index is 12.2. The van der Waals surface area contributed by atoms with Crippen molar-refractivity contribution in [3.63, 3.8) is 0 Å². The molecular formula is C19H24N4O2. The van der Waals surface area contributed by atoms with Crippen molar-refractivity contribution >= 4 is 5.91 Å². The zero-order valence-corrected chi connectivity index (χ0v) is 14.5. The van der Waals surface area contributed by atoms with Gasteiger partial charge in [-0.3, -0.25) is 14.5 Å². The third-order valence-electron chi connectivity index (χ3n) is 4.67. The summed E-state index contributed by atoms with van der Waals surface area (Å²) in [4.78, 5) is 26.6. The highest BCUT2D eigenvalue weighted by Crippen LogP contribution is 2.16. The van der Waals surface area contributed by atoms with Crippen LogP contribution in [0, 0.1) is 0 Å². The van der Waals surface area contributed by atoms with Gasteiger partial charge in [-0.1, -0.05) is 37.3 Å². The molecule has 1 aliphatic heterocycles. The lowest BCUT2D eigenvalue weighted by Gasteiger charge is -2.22. The van der Waals surface area contributed by atoms with E-state index >= 15 is 0 Å². The first-order valence-corrected chi connectivity index (χ1v) is 8.81. The quantitative estimate of drug-likeness (QED) is 0.866. The highest BCUT2D eigenvalue weighted by Gasteiger charge is 2.23. The molecule has 25 heavy (non-hydrogen) atoms. The monoisotopic (exact) mass is 340 g/mol. The molecule has 6 heteroatoms. The van der Waals surface area contributed by atoms with E-state index in [1.54, 1.807) is 6.07 Å². The minimum atomic E-state index is -0.272. The standard InChI is InChI=1S/C19H24N4O2/c1-2-22-12-6-9-16(22)13-20-18(24)14-23-19(25)11-10-17(21-23)15-7-4-3-5-8-15/h3-5,7-8,10-11,16H,2,6,9,12-14H2,1H3,(H,20,24)/t16-/m0/s1. The number of aromatic nitrogens is 2. The molecular weight excluding hydrogens is 316 g/mol. The second kappa shape index (κ2) is 8.07. The number of hydrogen-bond acceptors (Lipinski definition) is 4. The summed E-state index contributed by atoms with van der Waals surface area (Å²) in [7, 11) is 0. The first-order valence-electron chi connectivity index (χ1n) is 8.81. The Kier molecular flexibility index (Phi) is 5.60. The highest BCUT2D eigenvalue weighted by atomic mass is 16.2. The van der Waals surface area contributed by atoms with Crippen LogP contribution in [0.2, 0.25) is 0 Å². The maximum absolute atomic E-state index is 12.2. The fourth-order valence-electron chi connectivity index (χ4n) is 3.29. The Bertz CT molecular complexity index is 772. The molecule has 6 nitrogen and oxygen atoms in total. The van der Waals surface area contributed by atoms with Gasteiger partial charge in [0.1, 0.15) is 6.54 Å². The van der Waals surface area contributed by atoms with E-state index in [1.807, 2.05) is 30.3 Å². The van der Waals surface area contributed by atoms with Gasteiger partial charge in [0.15, 0.2) is 0 Å². The van der Waals surface area contributed by atoms with Gasteiger partial charge in [0, 0.05) is 24.2 Å². The summed E-state index contributed by atoms with van der Waals surface area (Å²) >= 11 is 0. The van der Waals surface area contributed by atoms with E-state index in [2.05, 4.69) is 22.2 Å². The van der Waals surface area contributed by atoms with E-state index in [-0.39, 0.29) is 18.0 Å². The summed E-state index contributed by atoms with van der Waals surface area (Å²) in [6.45, 7) is 4.80. The number of amides is 1. The molecule has 3 rings (SSSR count). The molecule has 1 amide bonds. The molecule has 0 spiro atoms. The van der Waals surface area contributed by atoms with Gasteiger partial charge in [0.25, 0.3) is 5.56 Å². The van der Waals surface area contributed by atoms with Crippen molar-refractivity contribution in [3.05, 3.63) is 52.8 Å². The van der Waals surface area contributed by atoms with Crippen molar-refractivity contribution in [2.75, 3.05) is 19.6 Å². The van der Waals surface area contributed by atoms with Crippen LogP contribution < -0.4 is 10.9 Å². The summed E-state index contributed by atoms with van der Waals surface area (Å²) in [5.41, 5.74) is 1.33. The fraction of sp³-hybridized carbons (Fsp3) is 0.421. The molecule has 0 bridgehead atoms. The van der Waals surface area contributed by atoms with Crippen molar-refractivity contribution in [3.8, 4) is 11.3 Å². The molecule has 1 saturated heterocycles. The van der Waals surface area contributed by atoms with Gasteiger partial charge in [-0.25, -0.2) is 4.68 Å². The Labute approximate surface area is 147 Å². The van der Waals surface area contributed by atoms with Crippen LogP contribution in [0.1, 0.15) is 19.8 Å². The molecule has 0 unspecified atom stereocenters. The summed E-state index contributed by atoms with van der Waals surface area (Å²) in [6.07, 6.45) is 2.28. The number of hydrogen-bond donors (Lipinski definition) is 1. The van der Waals surface area contributed by atoms with E-state index in [4.69, 9.17) is 0 Å². The predicted molar refractivity (Wildman–Crippen MR) is 97.2 cm³/mol. The van der Waals surface area contributed by atoms with Crippen LogP contribution in [-0.2, 0) is 11.3 Å². The molecule has 0 aliphatic carbocycles. The molecule has 1 fully saturated rings. The number of nitrogens with zero attached hydrogens (tertiary/aromatic N) is 3. The van der Waals surface area contributed by atoms with E-state index in [0.29, 0.717) is 18.3 Å². The third-order valence-corrected chi connectivity index (χ3v) is 4.67. The topological polar surface area (TPSA) is 67.2 Å². The Morgan fingerprint density at radius 2 is 2.04 bits per heavy atom. The van der Waals surface area contributed by atoms with Crippen molar-refractivity contribution in [2.24, 2.45) is 0 Å². The van der Waals surface area contributed by atoms with Gasteiger partial charge in [-0.05, 0) is 32.0 Å². The van der Waals surface area contributed by atoms with Gasteiger partial charge in [0.05, 0.1) is 5.69 Å². The maximum Gasteiger partial charge on any atom is 0.267 e. The Hall–Kier alpha value is -2.47. The second-order valence-electron chi connectivity index (χ2n) is 6.31. The van der Waals surface area contributed by atoms with Gasteiger partial charge in [-0.15, -0.1) is 0 Å². The summed E-state index contributed by atoms with van der Waals surface area (Å²) in [5, 5.41) is 7.27. The number of rotatable bonds is 6. The lowest BCUT2D eigenvalue weighted by Crippen LogP contribution is -2.42. The van der Waals surface area contributed by atoms with Crippen LogP contribution in [0.5, 0.6) is 0 Å². The van der Waals surface area contributed by atoms with E-state index in [1.165, 1.54) is 17.2 Å². The summed E-state index contributed by atoms with van der Waals surface area (Å²) in [6, 6.07) is 13.2. The fourth-order valence-corrected chi connectivity index (χ4v) is 3.29. The minimum Gasteiger partial charge on any atom is -0.353 e. The van der Waals surface area contributed by atoms with Crippen molar-refractivity contribution in [1.82, 2.24) is 20.0 Å². The largest absolute Gasteiger partial charge is 0.353 e. The highest BCUT2D eigenvalue weighted by molar-refractivity contribution is 5.75. The van der Waals surface area contributed by atoms with Gasteiger partial charge < -0.3 is 5.32 Å². The number of carbonyl (C=O) groups is 1. The van der Waals surface area contributed by atoms with E-state index < -0.39 is 0 Å². The molecule has 1 aromatic heterocycles. The Balaban J connectivity index is 1.64. The average Bonchev–Trinajstić information content (AvgIpc) is 3.10. The number of likely N-dealkylation sites (tertiary alicyclic amines) is 1. The molecule has 0 saturated carbocycles. The zero-order valence-electron chi connectivity index (χ0n) is 14.5. The molecule has 1 atom stereocenters. The molecule has 0 radical (unpaired) electrons. The average molecular weight is 340 g/mol. The molecule has 132 valence electrons. The normalized spacial score (nSPS) is 17.6. The van der Waals surface area contributed by atoms with Crippen LogP contribution >= 0.6 is 0 Å². The molecule has 2 heterocycles. The predicted octanol–water partition coefficient (Wildman–Crippen LogP) is 1.51. The lowest BCUT2D eigenvalue weighted by atomic mass is 10.1. The van der Waals surface area contributed by atoms with E-state index in [0.717, 1.165) is 25.1 Å². The minimum absolute atomic E-state index is 0.0572. The molecule has 1 N–H and O–H groups in total. The molecule has 1 aromatic carbocycles. The SMILES string of the molecule is CCN1CCC[C@H]1CNC(=O)Cn1nc(-c2ccccc2)ccc1=O. The smallest absolute Gasteiger partial charge is 0.267 e. The number of carbonyl (C=O) groups excluding carboxylic acids is 1. The van der Waals surface area contributed by atoms with Crippen LogP contribution in [0.25, 0.3) is 11.3 Å². The second-order valence-corrected chi connectivity index (χ2v) is 6.31. The third kappa shape index (κ3) is 4.33. The lowest BCUT2D eigenvalue weighted by molar-refractivity contribution is -0.122. The van der Waals surface area contributed by atoms with Crippen LogP contribution in [0.4, 0.5) is 0 Å². The number of benzene rings is 1. The van der Waals surface area contributed by atoms with Crippen molar-refractivity contribution < 1.29 is 4.79 Å². The Morgan fingerprint density at radius 1 is 1.24 bits per heavy atom. The van der Waals surface area contributed by atoms with Crippen LogP contribution in [0.15, 0.2) is 47.3 Å². The Morgan fingerprint density at radius 3 is 2.80 bits per heavy atom. The van der Waals surface area contributed by atoms with Crippen LogP contribution in [0.3, 0.4) is 0 Å². The van der Waals surface area contributed by atoms with Crippen molar-refractivity contribution in [2.45, 2.75) is 32.4 Å². The summed E-state index contributed by atoms with van der Waals surface area (Å²) < 4.78 is 1.23. The van der Waals surface area contributed by atoms with Crippen LogP contribution in [-0.4, -0.2) is 46.3 Å². The van der Waals surface area contributed by atoms with Gasteiger partial charge in [-0.2, -0.15) is 5.10 Å². The molecule has 2 aromatic rings. The number of nitrogens with one attached hydrogen (secondary N) is 1. The van der Waals surface area contributed by atoms with E-state index in [9.17, 15) is 9.59 Å². The number of likely N-dealkylation sites (N-methyl/N-ethyl adjacent to an activating group) is 1.